The Bertz CT molecular complexity index is 782. The Labute approximate surface area is 185 Å². The van der Waals surface area contributed by atoms with Crippen LogP contribution >= 0.6 is 24.8 Å². The molecule has 1 fully saturated rings. The van der Waals surface area contributed by atoms with E-state index in [1.165, 1.54) is 5.56 Å². The summed E-state index contributed by atoms with van der Waals surface area (Å²) in [7, 11) is 0. The highest BCUT2D eigenvalue weighted by Crippen LogP contribution is 2.49. The summed E-state index contributed by atoms with van der Waals surface area (Å²) >= 11 is 0. The normalized spacial score (nSPS) is 22.0. The fourth-order valence-electron chi connectivity index (χ4n) is 3.74. The van der Waals surface area contributed by atoms with Crippen LogP contribution < -0.4 is 11.1 Å². The Morgan fingerprint density at radius 3 is 2.62 bits per heavy atom. The quantitative estimate of drug-likeness (QED) is 0.657. The molecule has 2 unspecified atom stereocenters. The molecule has 0 aliphatic heterocycles. The van der Waals surface area contributed by atoms with E-state index in [0.717, 1.165) is 18.8 Å². The number of benzene rings is 1. The molecule has 1 amide bonds. The molecule has 1 heterocycles. The van der Waals surface area contributed by atoms with E-state index >= 15 is 0 Å². The lowest BCUT2D eigenvalue weighted by molar-refractivity contribution is -0.170. The average molecular weight is 443 g/mol. The second kappa shape index (κ2) is 10.4. The van der Waals surface area contributed by atoms with Gasteiger partial charge in [0, 0.05) is 37.4 Å². The molecular weight excluding hydrogens is 411 g/mol. The zero-order valence-corrected chi connectivity index (χ0v) is 18.9. The number of aromatic nitrogens is 2. The number of nitrogens with zero attached hydrogens (tertiary/aromatic N) is 2. The van der Waals surface area contributed by atoms with Gasteiger partial charge in [0.2, 0.25) is 5.91 Å². The summed E-state index contributed by atoms with van der Waals surface area (Å²) in [5, 5.41) is 2.98. The van der Waals surface area contributed by atoms with Crippen molar-refractivity contribution in [2.24, 2.45) is 11.1 Å². The summed E-state index contributed by atoms with van der Waals surface area (Å²) in [5.41, 5.74) is 6.41. The van der Waals surface area contributed by atoms with Crippen LogP contribution in [0.15, 0.2) is 42.7 Å². The highest BCUT2D eigenvalue weighted by molar-refractivity contribution is 5.88. The van der Waals surface area contributed by atoms with Crippen molar-refractivity contribution in [1.29, 1.82) is 0 Å². The lowest BCUT2D eigenvalue weighted by Gasteiger charge is -2.57. The molecule has 6 nitrogen and oxygen atoms in total. The minimum Gasteiger partial charge on any atom is -0.378 e. The highest BCUT2D eigenvalue weighted by Gasteiger charge is 2.62. The van der Waals surface area contributed by atoms with Crippen LogP contribution in [0.1, 0.15) is 38.6 Å². The van der Waals surface area contributed by atoms with Crippen molar-refractivity contribution in [3.8, 4) is 0 Å². The average Bonchev–Trinajstić information content (AvgIpc) is 3.12. The van der Waals surface area contributed by atoms with Gasteiger partial charge in [0.1, 0.15) is 11.4 Å². The largest absolute Gasteiger partial charge is 0.378 e. The molecule has 1 aromatic heterocycles. The van der Waals surface area contributed by atoms with Crippen LogP contribution in [0, 0.1) is 5.41 Å². The standard InChI is InChI=1S/C21H30N4O2.2ClH/c1-4-27-17-14-21(22,20(17,2)3)19(26)24-15-18-23-11-13-25(18)12-10-16-8-6-5-7-9-16;;/h5-9,11,13,17H,4,10,12,14-15,22H2,1-3H3,(H,24,26);2*1H. The molecule has 0 spiro atoms. The van der Waals surface area contributed by atoms with Gasteiger partial charge < -0.3 is 20.4 Å². The summed E-state index contributed by atoms with van der Waals surface area (Å²) in [4.78, 5) is 17.2. The minimum atomic E-state index is -0.908. The van der Waals surface area contributed by atoms with Crippen LogP contribution in [-0.2, 0) is 29.0 Å². The number of amides is 1. The molecule has 29 heavy (non-hydrogen) atoms. The van der Waals surface area contributed by atoms with Gasteiger partial charge in [-0.15, -0.1) is 24.8 Å². The van der Waals surface area contributed by atoms with E-state index in [4.69, 9.17) is 10.5 Å². The maximum Gasteiger partial charge on any atom is 0.241 e. The number of nitrogens with one attached hydrogen (secondary N) is 1. The van der Waals surface area contributed by atoms with Crippen molar-refractivity contribution in [2.75, 3.05) is 6.61 Å². The summed E-state index contributed by atoms with van der Waals surface area (Å²) in [6.45, 7) is 7.77. The maximum absolute atomic E-state index is 12.8. The summed E-state index contributed by atoms with van der Waals surface area (Å²) in [6, 6.07) is 10.3. The second-order valence-corrected chi connectivity index (χ2v) is 7.80. The lowest BCUT2D eigenvalue weighted by atomic mass is 9.54. The first kappa shape index (κ1) is 25.4. The fourth-order valence-corrected chi connectivity index (χ4v) is 3.74. The lowest BCUT2D eigenvalue weighted by Crippen LogP contribution is -2.75. The molecule has 2 atom stereocenters. The van der Waals surface area contributed by atoms with Gasteiger partial charge in [-0.1, -0.05) is 44.2 Å². The van der Waals surface area contributed by atoms with Crippen molar-refractivity contribution >= 4 is 30.7 Å². The van der Waals surface area contributed by atoms with Gasteiger partial charge >= 0.3 is 0 Å². The number of hydrogen-bond acceptors (Lipinski definition) is 4. The van der Waals surface area contributed by atoms with Crippen molar-refractivity contribution in [3.63, 3.8) is 0 Å². The van der Waals surface area contributed by atoms with Crippen molar-refractivity contribution in [1.82, 2.24) is 14.9 Å². The van der Waals surface area contributed by atoms with Crippen LogP contribution in [0.4, 0.5) is 0 Å². The van der Waals surface area contributed by atoms with E-state index in [9.17, 15) is 4.79 Å². The molecule has 1 aliphatic carbocycles. The van der Waals surface area contributed by atoms with Crippen LogP contribution in [-0.4, -0.2) is 33.7 Å². The molecule has 162 valence electrons. The number of aryl methyl sites for hydroxylation is 2. The summed E-state index contributed by atoms with van der Waals surface area (Å²) < 4.78 is 7.78. The van der Waals surface area contributed by atoms with Crippen molar-refractivity contribution < 1.29 is 9.53 Å². The Hall–Kier alpha value is -1.60. The molecule has 1 saturated carbocycles. The molecule has 0 radical (unpaired) electrons. The predicted octanol–water partition coefficient (Wildman–Crippen LogP) is 3.12. The van der Waals surface area contributed by atoms with Gasteiger partial charge in [0.15, 0.2) is 0 Å². The van der Waals surface area contributed by atoms with Gasteiger partial charge in [-0.3, -0.25) is 4.79 Å². The maximum atomic E-state index is 12.8. The minimum absolute atomic E-state index is 0. The van der Waals surface area contributed by atoms with E-state index in [0.29, 0.717) is 19.6 Å². The summed E-state index contributed by atoms with van der Waals surface area (Å²) in [5.74, 6) is 0.697. The van der Waals surface area contributed by atoms with Gasteiger partial charge in [-0.2, -0.15) is 0 Å². The van der Waals surface area contributed by atoms with E-state index in [-0.39, 0.29) is 36.8 Å². The fraction of sp³-hybridized carbons (Fsp3) is 0.524. The zero-order chi connectivity index (χ0) is 19.5. The van der Waals surface area contributed by atoms with Gasteiger partial charge in [0.05, 0.1) is 12.6 Å². The predicted molar refractivity (Wildman–Crippen MR) is 119 cm³/mol. The van der Waals surface area contributed by atoms with E-state index in [1.807, 2.05) is 45.2 Å². The van der Waals surface area contributed by atoms with Crippen LogP contribution in [0.25, 0.3) is 0 Å². The topological polar surface area (TPSA) is 82.2 Å². The molecule has 3 rings (SSSR count). The second-order valence-electron chi connectivity index (χ2n) is 7.80. The van der Waals surface area contributed by atoms with E-state index < -0.39 is 11.0 Å². The smallest absolute Gasteiger partial charge is 0.241 e. The third-order valence-corrected chi connectivity index (χ3v) is 5.93. The number of nitrogens with two attached hydrogens (primary N) is 1. The number of ether oxygens (including phenoxy) is 1. The number of hydrogen-bond donors (Lipinski definition) is 2. The molecule has 8 heteroatoms. The molecule has 3 N–H and O–H groups in total. The number of rotatable bonds is 8. The van der Waals surface area contributed by atoms with Crippen LogP contribution in [0.3, 0.4) is 0 Å². The Kier molecular flexibility index (Phi) is 9.15. The molecule has 0 bridgehead atoms. The first-order valence-electron chi connectivity index (χ1n) is 9.61. The Balaban J connectivity index is 0.00000210. The first-order valence-corrected chi connectivity index (χ1v) is 9.61. The van der Waals surface area contributed by atoms with Crippen molar-refractivity contribution in [3.05, 3.63) is 54.1 Å². The first-order chi connectivity index (χ1) is 12.9. The highest BCUT2D eigenvalue weighted by atomic mass is 35.5. The third-order valence-electron chi connectivity index (χ3n) is 5.93. The Morgan fingerprint density at radius 2 is 2.00 bits per heavy atom. The number of imidazole rings is 1. The molecule has 0 saturated heterocycles. The third kappa shape index (κ3) is 5.12. The zero-order valence-electron chi connectivity index (χ0n) is 17.3. The molecule has 1 aliphatic rings. The van der Waals surface area contributed by atoms with Gasteiger partial charge in [-0.05, 0) is 18.9 Å². The van der Waals surface area contributed by atoms with Crippen LogP contribution in [0.5, 0.6) is 0 Å². The Morgan fingerprint density at radius 1 is 1.31 bits per heavy atom. The molecular formula is C21H32Cl2N4O2. The van der Waals surface area contributed by atoms with Crippen LogP contribution in [0.2, 0.25) is 0 Å². The number of halogens is 2. The SMILES string of the molecule is CCOC1CC(N)(C(=O)NCc2nccn2CCc2ccccc2)C1(C)C.Cl.Cl. The molecule has 2 aromatic rings. The summed E-state index contributed by atoms with van der Waals surface area (Å²) in [6.07, 6.45) is 5.19. The van der Waals surface area contributed by atoms with E-state index in [2.05, 4.69) is 27.0 Å². The number of carbonyl (C=O) groups is 1. The van der Waals surface area contributed by atoms with Crippen molar-refractivity contribution in [2.45, 2.75) is 58.3 Å². The van der Waals surface area contributed by atoms with Gasteiger partial charge in [0.25, 0.3) is 0 Å². The molecule has 1 aromatic carbocycles. The van der Waals surface area contributed by atoms with E-state index in [1.54, 1.807) is 6.20 Å². The number of carbonyl (C=O) groups excluding carboxylic acids is 1. The monoisotopic (exact) mass is 442 g/mol. The van der Waals surface area contributed by atoms with Gasteiger partial charge in [-0.25, -0.2) is 4.98 Å².